The number of nitrogens with one attached hydrogen (secondary N) is 4. The maximum absolute atomic E-state index is 13.2. The third kappa shape index (κ3) is 9.37. The van der Waals surface area contributed by atoms with Gasteiger partial charge in [0.15, 0.2) is 11.5 Å². The van der Waals surface area contributed by atoms with Gasteiger partial charge in [0.25, 0.3) is 5.91 Å². The monoisotopic (exact) mass is 584 g/mol. The molecule has 1 aliphatic rings. The Morgan fingerprint density at radius 1 is 1.10 bits per heavy atom. The van der Waals surface area contributed by atoms with Crippen LogP contribution in [0.2, 0.25) is 0 Å². The largest absolute Gasteiger partial charge is 0.493 e. The zero-order valence-corrected chi connectivity index (χ0v) is 24.2. The van der Waals surface area contributed by atoms with Crippen molar-refractivity contribution < 1.29 is 38.5 Å². The van der Waals surface area contributed by atoms with Crippen molar-refractivity contribution in [3.63, 3.8) is 0 Å². The zero-order chi connectivity index (χ0) is 30.5. The molecule has 228 valence electrons. The van der Waals surface area contributed by atoms with Crippen LogP contribution in [0.4, 0.5) is 0 Å². The fourth-order valence-electron chi connectivity index (χ4n) is 4.45. The number of amides is 4. The number of aliphatic hydroxyl groups is 1. The van der Waals surface area contributed by atoms with Crippen LogP contribution in [0.3, 0.4) is 0 Å². The van der Waals surface area contributed by atoms with E-state index in [0.717, 1.165) is 5.56 Å². The van der Waals surface area contributed by atoms with Gasteiger partial charge in [0.2, 0.25) is 17.7 Å². The minimum absolute atomic E-state index is 0.0315. The van der Waals surface area contributed by atoms with E-state index in [-0.39, 0.29) is 31.6 Å². The molecular formula is C30H40N4O8. The van der Waals surface area contributed by atoms with E-state index in [1.807, 2.05) is 18.2 Å². The summed E-state index contributed by atoms with van der Waals surface area (Å²) >= 11 is 0. The lowest BCUT2D eigenvalue weighted by Gasteiger charge is -2.23. The second kappa shape index (κ2) is 16.2. The van der Waals surface area contributed by atoms with E-state index in [2.05, 4.69) is 21.3 Å². The maximum atomic E-state index is 13.2. The first-order valence-electron chi connectivity index (χ1n) is 14.0. The molecule has 1 heterocycles. The number of aliphatic hydroxyl groups excluding tert-OH is 1. The van der Waals surface area contributed by atoms with E-state index in [4.69, 9.17) is 14.2 Å². The quantitative estimate of drug-likeness (QED) is 0.288. The van der Waals surface area contributed by atoms with Crippen molar-refractivity contribution in [1.82, 2.24) is 21.3 Å². The molecule has 0 fully saturated rings. The van der Waals surface area contributed by atoms with Crippen LogP contribution >= 0.6 is 0 Å². The molecule has 0 saturated carbocycles. The topological polar surface area (TPSA) is 164 Å². The number of para-hydroxylation sites is 1. The number of fused-ring (bicyclic) bond motifs is 1. The summed E-state index contributed by atoms with van der Waals surface area (Å²) in [6.07, 6.45) is 0.365. The Morgan fingerprint density at radius 3 is 2.60 bits per heavy atom. The van der Waals surface area contributed by atoms with E-state index >= 15 is 0 Å². The molecule has 0 bridgehead atoms. The number of carbonyl (C=O) groups excluding carboxylic acids is 4. The lowest BCUT2D eigenvalue weighted by Crippen LogP contribution is -2.53. The standard InChI is InChI=1S/C30H40N4O8/c1-19(35)27-30(39)32-16-7-17-42-23-10-5-4-9-21(23)28(37)33-22(12-14-26(36)34-27)29(38)31-15-6-8-20-11-13-24(40-2)25(18-20)41-3/h4-5,9-11,13,18-19,22,27,35H,6-8,12,14-17H2,1-3H3,(H,31,38)(H,32,39)(H,33,37)(H,34,36)/t19-,22+,27?/m1/s1. The number of rotatable bonds is 8. The van der Waals surface area contributed by atoms with E-state index in [1.165, 1.54) is 6.92 Å². The first-order chi connectivity index (χ1) is 20.2. The molecule has 1 aliphatic heterocycles. The Bertz CT molecular complexity index is 1240. The Kier molecular flexibility index (Phi) is 12.4. The van der Waals surface area contributed by atoms with Gasteiger partial charge in [0.05, 0.1) is 32.5 Å². The predicted molar refractivity (Wildman–Crippen MR) is 155 cm³/mol. The molecule has 12 nitrogen and oxygen atoms in total. The Balaban J connectivity index is 1.70. The second-order valence-corrected chi connectivity index (χ2v) is 9.92. The summed E-state index contributed by atoms with van der Waals surface area (Å²) in [6, 6.07) is 10.1. The number of aryl methyl sites for hydroxylation is 1. The molecule has 2 aromatic rings. The van der Waals surface area contributed by atoms with Crippen LogP contribution in [0.5, 0.6) is 17.2 Å². The molecule has 4 amide bonds. The lowest BCUT2D eigenvalue weighted by atomic mass is 10.1. The molecule has 42 heavy (non-hydrogen) atoms. The van der Waals surface area contributed by atoms with Gasteiger partial charge in [-0.25, -0.2) is 0 Å². The first kappa shape index (κ1) is 32.2. The minimum atomic E-state index is -1.16. The fraction of sp³-hybridized carbons (Fsp3) is 0.467. The van der Waals surface area contributed by atoms with Gasteiger partial charge in [-0.3, -0.25) is 19.2 Å². The normalized spacial score (nSPS) is 19.2. The predicted octanol–water partition coefficient (Wildman–Crippen LogP) is 1.10. The number of carbonyl (C=O) groups is 4. The Hall–Kier alpha value is -4.32. The molecule has 0 saturated heterocycles. The third-order valence-corrected chi connectivity index (χ3v) is 6.76. The van der Waals surface area contributed by atoms with Crippen LogP contribution in [0.15, 0.2) is 42.5 Å². The van der Waals surface area contributed by atoms with Crippen molar-refractivity contribution >= 4 is 23.6 Å². The van der Waals surface area contributed by atoms with Crippen molar-refractivity contribution in [1.29, 1.82) is 0 Å². The van der Waals surface area contributed by atoms with Crippen LogP contribution in [0.1, 0.15) is 48.5 Å². The minimum Gasteiger partial charge on any atom is -0.493 e. The highest BCUT2D eigenvalue weighted by Crippen LogP contribution is 2.28. The molecule has 3 rings (SSSR count). The van der Waals surface area contributed by atoms with E-state index in [1.54, 1.807) is 38.5 Å². The zero-order valence-electron chi connectivity index (χ0n) is 24.2. The number of hydrogen-bond donors (Lipinski definition) is 5. The number of methoxy groups -OCH3 is 2. The summed E-state index contributed by atoms with van der Waals surface area (Å²) in [5, 5.41) is 20.8. The Morgan fingerprint density at radius 2 is 1.86 bits per heavy atom. The molecule has 0 spiro atoms. The highest BCUT2D eigenvalue weighted by molar-refractivity contribution is 5.99. The first-order valence-corrected chi connectivity index (χ1v) is 14.0. The molecule has 2 aromatic carbocycles. The molecule has 0 aromatic heterocycles. The Labute approximate surface area is 245 Å². The van der Waals surface area contributed by atoms with Crippen molar-refractivity contribution in [2.24, 2.45) is 0 Å². The lowest BCUT2D eigenvalue weighted by molar-refractivity contribution is -0.132. The number of ether oxygens (including phenoxy) is 3. The average molecular weight is 585 g/mol. The molecule has 12 heteroatoms. The molecular weight excluding hydrogens is 544 g/mol. The average Bonchev–Trinajstić information content (AvgIpc) is 2.99. The highest BCUT2D eigenvalue weighted by atomic mass is 16.5. The summed E-state index contributed by atoms with van der Waals surface area (Å²) in [6.45, 7) is 2.19. The van der Waals surface area contributed by atoms with E-state index in [9.17, 15) is 24.3 Å². The summed E-state index contributed by atoms with van der Waals surface area (Å²) in [5.41, 5.74) is 1.25. The maximum Gasteiger partial charge on any atom is 0.255 e. The van der Waals surface area contributed by atoms with E-state index < -0.39 is 41.8 Å². The van der Waals surface area contributed by atoms with Gasteiger partial charge in [0.1, 0.15) is 17.8 Å². The van der Waals surface area contributed by atoms with Crippen LogP contribution in [-0.4, -0.2) is 80.8 Å². The number of hydrogen-bond acceptors (Lipinski definition) is 8. The van der Waals surface area contributed by atoms with E-state index in [0.29, 0.717) is 43.1 Å². The van der Waals surface area contributed by atoms with Gasteiger partial charge in [-0.05, 0) is 62.4 Å². The van der Waals surface area contributed by atoms with Crippen molar-refractivity contribution in [2.45, 2.75) is 57.2 Å². The molecule has 1 unspecified atom stereocenters. The van der Waals surface area contributed by atoms with Crippen molar-refractivity contribution in [3.8, 4) is 17.2 Å². The summed E-state index contributed by atoms with van der Waals surface area (Å²) < 4.78 is 16.4. The van der Waals surface area contributed by atoms with Crippen LogP contribution in [0, 0.1) is 0 Å². The van der Waals surface area contributed by atoms with Crippen LogP contribution in [0.25, 0.3) is 0 Å². The van der Waals surface area contributed by atoms with Crippen LogP contribution < -0.4 is 35.5 Å². The highest BCUT2D eigenvalue weighted by Gasteiger charge is 2.28. The fourth-order valence-corrected chi connectivity index (χ4v) is 4.45. The summed E-state index contributed by atoms with van der Waals surface area (Å²) in [7, 11) is 3.13. The van der Waals surface area contributed by atoms with Crippen molar-refractivity contribution in [3.05, 3.63) is 53.6 Å². The van der Waals surface area contributed by atoms with Gasteiger partial charge in [-0.1, -0.05) is 18.2 Å². The van der Waals surface area contributed by atoms with Gasteiger partial charge >= 0.3 is 0 Å². The molecule has 3 atom stereocenters. The molecule has 5 N–H and O–H groups in total. The second-order valence-electron chi connectivity index (χ2n) is 9.92. The number of benzene rings is 2. The van der Waals surface area contributed by atoms with Gasteiger partial charge < -0.3 is 40.6 Å². The summed E-state index contributed by atoms with van der Waals surface area (Å²) in [4.78, 5) is 51.7. The van der Waals surface area contributed by atoms with Gasteiger partial charge in [0, 0.05) is 19.5 Å². The molecule has 0 aliphatic carbocycles. The smallest absolute Gasteiger partial charge is 0.255 e. The molecule has 0 radical (unpaired) electrons. The van der Waals surface area contributed by atoms with Crippen molar-refractivity contribution in [2.75, 3.05) is 33.9 Å². The SMILES string of the molecule is COc1ccc(CCCNC(=O)[C@@H]2CCC(=O)NC([C@@H](C)O)C(=O)NCCCOc3ccccc3C(=O)N2)cc1OC. The summed E-state index contributed by atoms with van der Waals surface area (Å²) in [5.74, 6) is -0.448. The van der Waals surface area contributed by atoms with Crippen LogP contribution in [-0.2, 0) is 20.8 Å². The van der Waals surface area contributed by atoms with Gasteiger partial charge in [-0.15, -0.1) is 0 Å². The third-order valence-electron chi connectivity index (χ3n) is 6.76. The van der Waals surface area contributed by atoms with Gasteiger partial charge in [-0.2, -0.15) is 0 Å².